The zero-order chi connectivity index (χ0) is 11.9. The van der Waals surface area contributed by atoms with Crippen LogP contribution in [0.5, 0.6) is 0 Å². The summed E-state index contributed by atoms with van der Waals surface area (Å²) in [6.45, 7) is 1.66. The molecular weight excluding hydrogens is 212 g/mol. The van der Waals surface area contributed by atoms with Gasteiger partial charge in [0, 0.05) is 37.4 Å². The van der Waals surface area contributed by atoms with Crippen molar-refractivity contribution >= 4 is 0 Å². The highest BCUT2D eigenvalue weighted by atomic mass is 14.9. The van der Waals surface area contributed by atoms with Crippen molar-refractivity contribution in [2.24, 2.45) is 5.73 Å². The lowest BCUT2D eigenvalue weighted by atomic mass is 10.1. The Balaban J connectivity index is 1.68. The molecule has 0 aliphatic rings. The number of nitrogens with two attached hydrogens (primary N) is 1. The molecule has 1 atom stereocenters. The minimum Gasteiger partial charge on any atom is -0.348 e. The summed E-state index contributed by atoms with van der Waals surface area (Å²) in [4.78, 5) is 7.03. The van der Waals surface area contributed by atoms with Crippen molar-refractivity contribution in [1.29, 1.82) is 0 Å². The van der Waals surface area contributed by atoms with Crippen molar-refractivity contribution in [2.75, 3.05) is 6.54 Å². The summed E-state index contributed by atoms with van der Waals surface area (Å²) in [6, 6.07) is 10.4. The molecule has 2 rings (SSSR count). The zero-order valence-corrected chi connectivity index (χ0v) is 9.76. The third-order valence-corrected chi connectivity index (χ3v) is 2.62. The molecule has 0 spiro atoms. The molecule has 0 saturated carbocycles. The highest BCUT2D eigenvalue weighted by Gasteiger charge is 2.04. The summed E-state index contributed by atoms with van der Waals surface area (Å²) in [6.07, 6.45) is 4.32. The lowest BCUT2D eigenvalue weighted by molar-refractivity contribution is 0.569. The predicted octanol–water partition coefficient (Wildman–Crippen LogP) is 1.07. The largest absolute Gasteiger partial charge is 0.348 e. The maximum absolute atomic E-state index is 6.02. The molecule has 0 radical (unpaired) electrons. The first-order valence-electron chi connectivity index (χ1n) is 5.82. The van der Waals surface area contributed by atoms with E-state index in [4.69, 9.17) is 5.73 Å². The Kier molecular flexibility index (Phi) is 4.30. The molecule has 1 unspecified atom stereocenters. The van der Waals surface area contributed by atoms with Gasteiger partial charge in [-0.1, -0.05) is 30.3 Å². The van der Waals surface area contributed by atoms with Gasteiger partial charge in [-0.3, -0.25) is 0 Å². The van der Waals surface area contributed by atoms with Gasteiger partial charge in [0.25, 0.3) is 0 Å². The van der Waals surface area contributed by atoms with Gasteiger partial charge in [0.1, 0.15) is 0 Å². The second-order valence-corrected chi connectivity index (χ2v) is 4.16. The van der Waals surface area contributed by atoms with Crippen LogP contribution in [0.3, 0.4) is 0 Å². The SMILES string of the molecule is NC(CNCc1ccccc1)Cc1cnc[nH]1. The van der Waals surface area contributed by atoms with Crippen LogP contribution in [-0.4, -0.2) is 22.6 Å². The molecule has 0 aliphatic carbocycles. The highest BCUT2D eigenvalue weighted by Crippen LogP contribution is 1.98. The Labute approximate surface area is 101 Å². The monoisotopic (exact) mass is 230 g/mol. The zero-order valence-electron chi connectivity index (χ0n) is 9.76. The molecule has 4 N–H and O–H groups in total. The van der Waals surface area contributed by atoms with Crippen LogP contribution in [0.15, 0.2) is 42.9 Å². The number of rotatable bonds is 6. The number of aromatic nitrogens is 2. The fraction of sp³-hybridized carbons (Fsp3) is 0.308. The van der Waals surface area contributed by atoms with E-state index in [1.807, 2.05) is 24.4 Å². The number of benzene rings is 1. The van der Waals surface area contributed by atoms with E-state index in [9.17, 15) is 0 Å². The standard InChI is InChI=1S/C13H18N4/c14-12(6-13-9-16-10-17-13)8-15-7-11-4-2-1-3-5-11/h1-5,9-10,12,15H,6-8,14H2,(H,16,17). The quantitative estimate of drug-likeness (QED) is 0.695. The smallest absolute Gasteiger partial charge is 0.0921 e. The first-order valence-corrected chi connectivity index (χ1v) is 5.82. The van der Waals surface area contributed by atoms with Crippen LogP contribution >= 0.6 is 0 Å². The Morgan fingerprint density at radius 1 is 1.29 bits per heavy atom. The topological polar surface area (TPSA) is 66.7 Å². The van der Waals surface area contributed by atoms with Crippen LogP contribution in [0.2, 0.25) is 0 Å². The molecule has 0 amide bonds. The van der Waals surface area contributed by atoms with E-state index in [1.165, 1.54) is 5.56 Å². The van der Waals surface area contributed by atoms with Crippen LogP contribution in [0.4, 0.5) is 0 Å². The van der Waals surface area contributed by atoms with Gasteiger partial charge < -0.3 is 16.0 Å². The van der Waals surface area contributed by atoms with E-state index >= 15 is 0 Å². The number of H-pyrrole nitrogens is 1. The molecule has 90 valence electrons. The Morgan fingerprint density at radius 3 is 2.82 bits per heavy atom. The highest BCUT2D eigenvalue weighted by molar-refractivity contribution is 5.14. The molecule has 2 aromatic rings. The average Bonchev–Trinajstić information content (AvgIpc) is 2.83. The first kappa shape index (κ1) is 11.8. The van der Waals surface area contributed by atoms with Crippen LogP contribution in [0.25, 0.3) is 0 Å². The molecule has 0 fully saturated rings. The number of nitrogens with zero attached hydrogens (tertiary/aromatic N) is 1. The van der Waals surface area contributed by atoms with Gasteiger partial charge in [0.2, 0.25) is 0 Å². The van der Waals surface area contributed by atoms with E-state index in [1.54, 1.807) is 6.33 Å². The Hall–Kier alpha value is -1.65. The Bertz CT molecular complexity index is 410. The van der Waals surface area contributed by atoms with Gasteiger partial charge in [-0.05, 0) is 5.56 Å². The third-order valence-electron chi connectivity index (χ3n) is 2.62. The number of aromatic amines is 1. The summed E-state index contributed by atoms with van der Waals surface area (Å²) in [7, 11) is 0. The number of nitrogens with one attached hydrogen (secondary N) is 2. The first-order chi connectivity index (χ1) is 8.34. The number of imidazole rings is 1. The van der Waals surface area contributed by atoms with Crippen molar-refractivity contribution < 1.29 is 0 Å². The van der Waals surface area contributed by atoms with Crippen LogP contribution in [0.1, 0.15) is 11.3 Å². The number of hydrogen-bond donors (Lipinski definition) is 3. The maximum Gasteiger partial charge on any atom is 0.0921 e. The minimum absolute atomic E-state index is 0.110. The molecule has 1 heterocycles. The van der Waals surface area contributed by atoms with Crippen LogP contribution in [-0.2, 0) is 13.0 Å². The van der Waals surface area contributed by atoms with Crippen molar-refractivity contribution in [3.05, 3.63) is 54.1 Å². The lowest BCUT2D eigenvalue weighted by Gasteiger charge is -2.11. The molecule has 0 aliphatic heterocycles. The average molecular weight is 230 g/mol. The summed E-state index contributed by atoms with van der Waals surface area (Å²) in [5.74, 6) is 0. The van der Waals surface area contributed by atoms with E-state index in [0.29, 0.717) is 0 Å². The summed E-state index contributed by atoms with van der Waals surface area (Å²) < 4.78 is 0. The maximum atomic E-state index is 6.02. The van der Waals surface area contributed by atoms with Gasteiger partial charge in [-0.2, -0.15) is 0 Å². The summed E-state index contributed by atoms with van der Waals surface area (Å²) in [5.41, 5.74) is 8.38. The van der Waals surface area contributed by atoms with E-state index in [2.05, 4.69) is 27.4 Å². The van der Waals surface area contributed by atoms with Crippen molar-refractivity contribution in [3.63, 3.8) is 0 Å². The van der Waals surface area contributed by atoms with Crippen molar-refractivity contribution in [3.8, 4) is 0 Å². The van der Waals surface area contributed by atoms with Crippen molar-refractivity contribution in [2.45, 2.75) is 19.0 Å². The summed E-state index contributed by atoms with van der Waals surface area (Å²) in [5, 5.41) is 3.35. The third kappa shape index (κ3) is 4.01. The Morgan fingerprint density at radius 2 is 2.12 bits per heavy atom. The molecule has 4 heteroatoms. The lowest BCUT2D eigenvalue weighted by Crippen LogP contribution is -2.35. The second-order valence-electron chi connectivity index (χ2n) is 4.16. The van der Waals surface area contributed by atoms with Gasteiger partial charge >= 0.3 is 0 Å². The normalized spacial score (nSPS) is 12.5. The van der Waals surface area contributed by atoms with Gasteiger partial charge in [0.05, 0.1) is 6.33 Å². The van der Waals surface area contributed by atoms with Gasteiger partial charge in [-0.15, -0.1) is 0 Å². The van der Waals surface area contributed by atoms with Gasteiger partial charge in [-0.25, -0.2) is 4.98 Å². The van der Waals surface area contributed by atoms with Crippen molar-refractivity contribution in [1.82, 2.24) is 15.3 Å². The summed E-state index contributed by atoms with van der Waals surface area (Å²) >= 11 is 0. The minimum atomic E-state index is 0.110. The molecule has 1 aromatic heterocycles. The second kappa shape index (κ2) is 6.18. The van der Waals surface area contributed by atoms with E-state index in [-0.39, 0.29) is 6.04 Å². The fourth-order valence-electron chi connectivity index (χ4n) is 1.75. The molecule has 0 saturated heterocycles. The van der Waals surface area contributed by atoms with Crippen LogP contribution < -0.4 is 11.1 Å². The molecule has 17 heavy (non-hydrogen) atoms. The van der Waals surface area contributed by atoms with Crippen LogP contribution in [0, 0.1) is 0 Å². The molecule has 0 bridgehead atoms. The molecule has 4 nitrogen and oxygen atoms in total. The number of hydrogen-bond acceptors (Lipinski definition) is 3. The van der Waals surface area contributed by atoms with E-state index in [0.717, 1.165) is 25.2 Å². The fourth-order valence-corrected chi connectivity index (χ4v) is 1.75. The molecule has 1 aromatic carbocycles. The predicted molar refractivity (Wildman–Crippen MR) is 68.4 cm³/mol. The van der Waals surface area contributed by atoms with Gasteiger partial charge in [0.15, 0.2) is 0 Å². The van der Waals surface area contributed by atoms with E-state index < -0.39 is 0 Å². The molecular formula is C13H18N4.